The van der Waals surface area contributed by atoms with Gasteiger partial charge in [-0.3, -0.25) is 9.82 Å². The number of H-pyrrole nitrogens is 1. The molecule has 180 valence electrons. The summed E-state index contributed by atoms with van der Waals surface area (Å²) in [5, 5.41) is 16.1. The van der Waals surface area contributed by atoms with Crippen LogP contribution in [0.3, 0.4) is 0 Å². The van der Waals surface area contributed by atoms with Gasteiger partial charge in [0.2, 0.25) is 10.0 Å². The highest BCUT2D eigenvalue weighted by atomic mass is 32.2. The van der Waals surface area contributed by atoms with Crippen molar-refractivity contribution in [2.75, 3.05) is 17.1 Å². The average Bonchev–Trinajstić information content (AvgIpc) is 3.17. The fourth-order valence-electron chi connectivity index (χ4n) is 3.40. The summed E-state index contributed by atoms with van der Waals surface area (Å²) in [6.07, 6.45) is -3.06. The molecular formula is C22H26F3N3O4S. The highest BCUT2D eigenvalue weighted by molar-refractivity contribution is 7.92. The second-order valence-electron chi connectivity index (χ2n) is 7.68. The lowest BCUT2D eigenvalue weighted by Gasteiger charge is -2.14. The number of hydrogen-bond donors (Lipinski definition) is 3. The maximum absolute atomic E-state index is 12.9. The second-order valence-corrected chi connectivity index (χ2v) is 9.52. The first kappa shape index (κ1) is 24.8. The summed E-state index contributed by atoms with van der Waals surface area (Å²) in [6, 6.07) is 10.9. The molecule has 0 spiro atoms. The van der Waals surface area contributed by atoms with Crippen LogP contribution in [0.15, 0.2) is 42.5 Å². The molecule has 0 aliphatic rings. The number of aliphatic hydroxyl groups is 1. The summed E-state index contributed by atoms with van der Waals surface area (Å²) in [4.78, 5) is 0. The number of unbranched alkanes of at least 4 members (excludes halogenated alkanes) is 1. The second kappa shape index (κ2) is 10.4. The number of ether oxygens (including phenoxy) is 1. The van der Waals surface area contributed by atoms with E-state index in [1.165, 1.54) is 18.2 Å². The van der Waals surface area contributed by atoms with Crippen LogP contribution in [0.2, 0.25) is 0 Å². The van der Waals surface area contributed by atoms with E-state index in [1.807, 2.05) is 5.10 Å². The Kier molecular flexibility index (Phi) is 7.85. The van der Waals surface area contributed by atoms with Gasteiger partial charge < -0.3 is 9.84 Å². The zero-order valence-corrected chi connectivity index (χ0v) is 18.8. The van der Waals surface area contributed by atoms with Crippen molar-refractivity contribution in [3.05, 3.63) is 53.7 Å². The van der Waals surface area contributed by atoms with Crippen LogP contribution in [-0.2, 0) is 16.2 Å². The van der Waals surface area contributed by atoms with Gasteiger partial charge in [-0.15, -0.1) is 0 Å². The molecule has 1 aromatic heterocycles. The lowest BCUT2D eigenvalue weighted by Crippen LogP contribution is -2.16. The van der Waals surface area contributed by atoms with Gasteiger partial charge in [-0.2, -0.15) is 18.3 Å². The molecule has 1 atom stereocenters. The predicted octanol–water partition coefficient (Wildman–Crippen LogP) is 5.02. The number of fused-ring (bicyclic) bond motifs is 1. The third kappa shape index (κ3) is 6.84. The molecule has 3 rings (SSSR count). The summed E-state index contributed by atoms with van der Waals surface area (Å²) in [5.74, 6) is 0.437. The van der Waals surface area contributed by atoms with E-state index < -0.39 is 28.0 Å². The van der Waals surface area contributed by atoms with Gasteiger partial charge in [0.15, 0.2) is 0 Å². The van der Waals surface area contributed by atoms with Crippen molar-refractivity contribution in [2.45, 2.75) is 44.9 Å². The predicted molar refractivity (Wildman–Crippen MR) is 120 cm³/mol. The van der Waals surface area contributed by atoms with E-state index in [2.05, 4.69) is 9.82 Å². The summed E-state index contributed by atoms with van der Waals surface area (Å²) in [5.41, 5.74) is 0.299. The number of aliphatic hydroxyl groups excluding tert-OH is 1. The van der Waals surface area contributed by atoms with E-state index in [9.17, 15) is 26.7 Å². The van der Waals surface area contributed by atoms with E-state index in [4.69, 9.17) is 4.74 Å². The summed E-state index contributed by atoms with van der Waals surface area (Å²) in [6.45, 7) is 2.11. The van der Waals surface area contributed by atoms with Crippen molar-refractivity contribution in [1.82, 2.24) is 10.2 Å². The molecule has 2 aromatic carbocycles. The van der Waals surface area contributed by atoms with Crippen LogP contribution < -0.4 is 9.46 Å². The Morgan fingerprint density at radius 1 is 1.18 bits per heavy atom. The fraction of sp³-hybridized carbons (Fsp3) is 0.409. The van der Waals surface area contributed by atoms with E-state index in [0.29, 0.717) is 49.3 Å². The summed E-state index contributed by atoms with van der Waals surface area (Å²) in [7, 11) is -3.41. The molecule has 0 amide bonds. The number of aromatic nitrogens is 2. The average molecular weight is 486 g/mol. The van der Waals surface area contributed by atoms with Crippen molar-refractivity contribution < 1.29 is 31.4 Å². The molecule has 0 fully saturated rings. The Morgan fingerprint density at radius 3 is 2.70 bits per heavy atom. The molecule has 3 N–H and O–H groups in total. The molecule has 0 radical (unpaired) electrons. The number of hydrogen-bond acceptors (Lipinski definition) is 5. The van der Waals surface area contributed by atoms with Gasteiger partial charge >= 0.3 is 6.18 Å². The van der Waals surface area contributed by atoms with Crippen molar-refractivity contribution >= 4 is 26.6 Å². The van der Waals surface area contributed by atoms with Crippen molar-refractivity contribution in [1.29, 1.82) is 0 Å². The minimum Gasteiger partial charge on any atom is -0.494 e. The molecule has 11 heteroatoms. The lowest BCUT2D eigenvalue weighted by molar-refractivity contribution is -0.139. The molecule has 33 heavy (non-hydrogen) atoms. The molecule has 0 aliphatic carbocycles. The Morgan fingerprint density at radius 2 is 1.97 bits per heavy atom. The molecule has 0 saturated carbocycles. The summed E-state index contributed by atoms with van der Waals surface area (Å²) >= 11 is 0. The normalized spacial score (nSPS) is 13.2. The van der Waals surface area contributed by atoms with Crippen LogP contribution in [0, 0.1) is 0 Å². The number of aromatic amines is 1. The van der Waals surface area contributed by atoms with Crippen molar-refractivity contribution in [3.63, 3.8) is 0 Å². The third-order valence-electron chi connectivity index (χ3n) is 4.97. The Labute approximate surface area is 190 Å². The number of alkyl halides is 3. The molecule has 1 heterocycles. The highest BCUT2D eigenvalue weighted by Gasteiger charge is 2.35. The quantitative estimate of drug-likeness (QED) is 0.331. The monoisotopic (exact) mass is 485 g/mol. The Bertz CT molecular complexity index is 1180. The number of nitrogens with one attached hydrogen (secondary N) is 2. The molecule has 0 aliphatic heterocycles. The van der Waals surface area contributed by atoms with Gasteiger partial charge in [-0.1, -0.05) is 19.1 Å². The number of rotatable bonds is 11. The lowest BCUT2D eigenvalue weighted by atomic mass is 10.0. The highest BCUT2D eigenvalue weighted by Crippen LogP contribution is 2.34. The standard InChI is InChI=1S/C22H26F3N3O4S/c1-2-12-33(30,31)28-16-7-5-6-15(13-16)20(29)8-3-4-11-32-17-9-10-18-19(14-17)26-27-21(18)22(23,24)25/h5-7,9-10,13-14,20,28-29H,2-4,8,11-12H2,1H3,(H,26,27)/t20-/m0/s1. The van der Waals surface area contributed by atoms with Gasteiger partial charge in [-0.25, -0.2) is 8.42 Å². The number of halogens is 3. The van der Waals surface area contributed by atoms with Crippen LogP contribution in [0.5, 0.6) is 5.75 Å². The topological polar surface area (TPSA) is 104 Å². The van der Waals surface area contributed by atoms with E-state index >= 15 is 0 Å². The maximum atomic E-state index is 12.9. The van der Waals surface area contributed by atoms with Crippen molar-refractivity contribution in [3.8, 4) is 5.75 Å². The van der Waals surface area contributed by atoms with Crippen LogP contribution >= 0.6 is 0 Å². The largest absolute Gasteiger partial charge is 0.494 e. The zero-order chi connectivity index (χ0) is 24.1. The number of nitrogens with zero attached hydrogens (tertiary/aromatic N) is 1. The first-order valence-electron chi connectivity index (χ1n) is 10.6. The van der Waals surface area contributed by atoms with E-state index in [0.717, 1.165) is 0 Å². The molecule has 0 saturated heterocycles. The number of anilines is 1. The first-order valence-corrected chi connectivity index (χ1v) is 12.2. The van der Waals surface area contributed by atoms with Crippen molar-refractivity contribution in [2.24, 2.45) is 0 Å². The minimum atomic E-state index is -4.50. The molecule has 0 bridgehead atoms. The zero-order valence-electron chi connectivity index (χ0n) is 18.0. The fourth-order valence-corrected chi connectivity index (χ4v) is 4.53. The van der Waals surface area contributed by atoms with Crippen LogP contribution in [-0.4, -0.2) is 36.1 Å². The van der Waals surface area contributed by atoms with Gasteiger partial charge in [0.05, 0.1) is 24.0 Å². The smallest absolute Gasteiger partial charge is 0.433 e. The number of benzene rings is 2. The van der Waals surface area contributed by atoms with Gasteiger partial charge in [0.25, 0.3) is 0 Å². The Balaban J connectivity index is 1.47. The van der Waals surface area contributed by atoms with E-state index in [1.54, 1.807) is 31.2 Å². The SMILES string of the molecule is CCCS(=O)(=O)Nc1cccc([C@@H](O)CCCCOc2ccc3c(C(F)(F)F)[nH]nc3c2)c1. The van der Waals surface area contributed by atoms with Gasteiger partial charge in [0, 0.05) is 17.1 Å². The van der Waals surface area contributed by atoms with Crippen LogP contribution in [0.1, 0.15) is 50.0 Å². The molecule has 0 unspecified atom stereocenters. The van der Waals surface area contributed by atoms with Gasteiger partial charge in [0.1, 0.15) is 11.4 Å². The minimum absolute atomic E-state index is 0.0165. The Hall–Kier alpha value is -2.79. The third-order valence-corrected chi connectivity index (χ3v) is 6.46. The van der Waals surface area contributed by atoms with E-state index in [-0.39, 0.29) is 16.7 Å². The molecule has 3 aromatic rings. The number of sulfonamides is 1. The first-order chi connectivity index (χ1) is 15.6. The molecular weight excluding hydrogens is 459 g/mol. The maximum Gasteiger partial charge on any atom is 0.433 e. The van der Waals surface area contributed by atoms with Gasteiger partial charge in [-0.05, 0) is 55.5 Å². The summed E-state index contributed by atoms with van der Waals surface area (Å²) < 4.78 is 70.6. The van der Waals surface area contributed by atoms with Crippen LogP contribution in [0.25, 0.3) is 10.9 Å². The van der Waals surface area contributed by atoms with Crippen LogP contribution in [0.4, 0.5) is 18.9 Å². The molecule has 7 nitrogen and oxygen atoms in total.